The third kappa shape index (κ3) is 5.87. The van der Waals surface area contributed by atoms with Crippen LogP contribution in [0.1, 0.15) is 29.8 Å². The molecule has 0 spiro atoms. The van der Waals surface area contributed by atoms with E-state index < -0.39 is 15.9 Å². The summed E-state index contributed by atoms with van der Waals surface area (Å²) in [5.41, 5.74) is 1.32. The smallest absolute Gasteiger partial charge is 0.291 e. The highest BCUT2D eigenvalue weighted by Gasteiger charge is 2.28. The zero-order valence-corrected chi connectivity index (χ0v) is 20.0. The lowest BCUT2D eigenvalue weighted by Gasteiger charge is -2.20. The zero-order chi connectivity index (χ0) is 24.8. The van der Waals surface area contributed by atoms with E-state index in [1.54, 1.807) is 24.3 Å². The number of rotatable bonds is 7. The van der Waals surface area contributed by atoms with E-state index in [0.717, 1.165) is 5.56 Å². The largest absolute Gasteiger partial charge is 0.451 e. The molecule has 0 saturated carbocycles. The van der Waals surface area contributed by atoms with E-state index in [0.29, 0.717) is 43.8 Å². The summed E-state index contributed by atoms with van der Waals surface area (Å²) in [4.78, 5) is 24.3. The SMILES string of the molecule is C=CC(=O)NC1CCCN(S(=O)(=O)c2ccc(NC(=O)c3ccc(-c4ccccc4)o3)cc2)CC1. The molecule has 2 heterocycles. The quantitative estimate of drug-likeness (QED) is 0.483. The summed E-state index contributed by atoms with van der Waals surface area (Å²) in [6.45, 7) is 4.14. The van der Waals surface area contributed by atoms with E-state index in [1.165, 1.54) is 22.5 Å². The van der Waals surface area contributed by atoms with Gasteiger partial charge in [0.2, 0.25) is 15.9 Å². The molecule has 0 bridgehead atoms. The molecule has 1 unspecified atom stereocenters. The molecule has 2 N–H and O–H groups in total. The van der Waals surface area contributed by atoms with Crippen LogP contribution in [0.15, 0.2) is 88.7 Å². The number of hydrogen-bond donors (Lipinski definition) is 2. The second kappa shape index (κ2) is 10.7. The van der Waals surface area contributed by atoms with Gasteiger partial charge in [-0.05, 0) is 61.7 Å². The maximum atomic E-state index is 13.1. The van der Waals surface area contributed by atoms with Gasteiger partial charge in [-0.1, -0.05) is 36.9 Å². The maximum absolute atomic E-state index is 13.1. The molecule has 1 atom stereocenters. The number of carbonyl (C=O) groups excluding carboxylic acids is 2. The summed E-state index contributed by atoms with van der Waals surface area (Å²) in [5.74, 6) is 0.0573. The minimum absolute atomic E-state index is 0.0812. The van der Waals surface area contributed by atoms with Crippen LogP contribution >= 0.6 is 0 Å². The van der Waals surface area contributed by atoms with Crippen LogP contribution < -0.4 is 10.6 Å². The number of carbonyl (C=O) groups is 2. The van der Waals surface area contributed by atoms with Crippen molar-refractivity contribution < 1.29 is 22.4 Å². The molecule has 0 aliphatic carbocycles. The molecule has 2 aromatic carbocycles. The van der Waals surface area contributed by atoms with Crippen molar-refractivity contribution in [2.24, 2.45) is 0 Å². The van der Waals surface area contributed by atoms with E-state index in [1.807, 2.05) is 30.3 Å². The highest BCUT2D eigenvalue weighted by atomic mass is 32.2. The molecule has 1 fully saturated rings. The van der Waals surface area contributed by atoms with Gasteiger partial charge in [-0.25, -0.2) is 8.42 Å². The van der Waals surface area contributed by atoms with Gasteiger partial charge >= 0.3 is 0 Å². The number of hydrogen-bond acceptors (Lipinski definition) is 5. The normalized spacial score (nSPS) is 16.7. The van der Waals surface area contributed by atoms with E-state index >= 15 is 0 Å². The molecular weight excluding hydrogens is 466 g/mol. The number of sulfonamides is 1. The Kier molecular flexibility index (Phi) is 7.48. The van der Waals surface area contributed by atoms with Gasteiger partial charge in [0.1, 0.15) is 5.76 Å². The summed E-state index contributed by atoms with van der Waals surface area (Å²) in [6.07, 6.45) is 3.09. The van der Waals surface area contributed by atoms with E-state index in [9.17, 15) is 18.0 Å². The first-order chi connectivity index (χ1) is 16.9. The monoisotopic (exact) mass is 493 g/mol. The van der Waals surface area contributed by atoms with Gasteiger partial charge in [0.25, 0.3) is 5.91 Å². The van der Waals surface area contributed by atoms with Crippen LogP contribution in [0, 0.1) is 0 Å². The summed E-state index contributed by atoms with van der Waals surface area (Å²) in [6, 6.07) is 18.8. The fourth-order valence-electron chi connectivity index (χ4n) is 3.98. The Labute approximate surface area is 204 Å². The van der Waals surface area contributed by atoms with Crippen molar-refractivity contribution in [1.82, 2.24) is 9.62 Å². The van der Waals surface area contributed by atoms with Crippen molar-refractivity contribution in [3.05, 3.63) is 85.1 Å². The first-order valence-electron chi connectivity index (χ1n) is 11.4. The molecule has 182 valence electrons. The minimum Gasteiger partial charge on any atom is -0.451 e. The number of anilines is 1. The van der Waals surface area contributed by atoms with Gasteiger partial charge in [0.05, 0.1) is 4.90 Å². The molecule has 1 aromatic heterocycles. The lowest BCUT2D eigenvalue weighted by atomic mass is 10.1. The molecule has 4 rings (SSSR count). The van der Waals surface area contributed by atoms with E-state index in [4.69, 9.17) is 4.42 Å². The third-order valence-corrected chi connectivity index (χ3v) is 7.77. The highest BCUT2D eigenvalue weighted by Crippen LogP contribution is 2.24. The van der Waals surface area contributed by atoms with Crippen LogP contribution in [0.5, 0.6) is 0 Å². The first-order valence-corrected chi connectivity index (χ1v) is 12.8. The average molecular weight is 494 g/mol. The number of furan rings is 1. The summed E-state index contributed by atoms with van der Waals surface area (Å²) >= 11 is 0. The van der Waals surface area contributed by atoms with Crippen LogP contribution in [0.2, 0.25) is 0 Å². The van der Waals surface area contributed by atoms with Crippen LogP contribution in [-0.2, 0) is 14.8 Å². The first kappa shape index (κ1) is 24.4. The van der Waals surface area contributed by atoms with E-state index in [-0.39, 0.29) is 22.6 Å². The Morgan fingerprint density at radius 1 is 0.971 bits per heavy atom. The Bertz CT molecular complexity index is 1300. The van der Waals surface area contributed by atoms with Crippen molar-refractivity contribution >= 4 is 27.5 Å². The number of benzene rings is 2. The van der Waals surface area contributed by atoms with Crippen LogP contribution in [0.4, 0.5) is 5.69 Å². The predicted octanol–water partition coefficient (Wildman–Crippen LogP) is 4.04. The lowest BCUT2D eigenvalue weighted by molar-refractivity contribution is -0.117. The molecule has 2 amide bonds. The molecule has 1 aliphatic heterocycles. The summed E-state index contributed by atoms with van der Waals surface area (Å²) in [7, 11) is -3.70. The van der Waals surface area contributed by atoms with Gasteiger partial charge in [-0.3, -0.25) is 9.59 Å². The number of nitrogens with one attached hydrogen (secondary N) is 2. The molecular formula is C26H27N3O5S. The maximum Gasteiger partial charge on any atom is 0.291 e. The molecule has 1 saturated heterocycles. The standard InChI is InChI=1S/C26H27N3O5S/c1-2-25(30)27-20-9-6-17-29(18-16-20)35(32,33)22-12-10-21(11-13-22)28-26(31)24-15-14-23(34-24)19-7-4-3-5-8-19/h2-5,7-8,10-15,20H,1,6,9,16-18H2,(H,27,30)(H,28,31). The summed E-state index contributed by atoms with van der Waals surface area (Å²) < 4.78 is 33.4. The Morgan fingerprint density at radius 3 is 2.43 bits per heavy atom. The van der Waals surface area contributed by atoms with Gasteiger partial charge in [-0.2, -0.15) is 4.31 Å². The molecule has 1 aliphatic rings. The molecule has 8 nitrogen and oxygen atoms in total. The van der Waals surface area contributed by atoms with Gasteiger partial charge in [-0.15, -0.1) is 0 Å². The van der Waals surface area contributed by atoms with Crippen molar-refractivity contribution in [2.45, 2.75) is 30.2 Å². The number of amides is 2. The van der Waals surface area contributed by atoms with E-state index in [2.05, 4.69) is 17.2 Å². The van der Waals surface area contributed by atoms with Crippen molar-refractivity contribution in [3.8, 4) is 11.3 Å². The second-order valence-electron chi connectivity index (χ2n) is 8.25. The average Bonchev–Trinajstić information content (AvgIpc) is 3.25. The fourth-order valence-corrected chi connectivity index (χ4v) is 5.48. The lowest BCUT2D eigenvalue weighted by Crippen LogP contribution is -2.36. The zero-order valence-electron chi connectivity index (χ0n) is 19.1. The molecule has 35 heavy (non-hydrogen) atoms. The second-order valence-corrected chi connectivity index (χ2v) is 10.2. The fraction of sp³-hybridized carbons (Fsp3) is 0.231. The van der Waals surface area contributed by atoms with Gasteiger partial charge in [0, 0.05) is 30.4 Å². The van der Waals surface area contributed by atoms with Crippen LogP contribution in [0.3, 0.4) is 0 Å². The minimum atomic E-state index is -3.70. The topological polar surface area (TPSA) is 109 Å². The third-order valence-electron chi connectivity index (χ3n) is 5.86. The van der Waals surface area contributed by atoms with Crippen molar-refractivity contribution in [2.75, 3.05) is 18.4 Å². The van der Waals surface area contributed by atoms with Crippen LogP contribution in [-0.4, -0.2) is 43.7 Å². The highest BCUT2D eigenvalue weighted by molar-refractivity contribution is 7.89. The summed E-state index contributed by atoms with van der Waals surface area (Å²) in [5, 5.41) is 5.58. The van der Waals surface area contributed by atoms with Gasteiger partial charge < -0.3 is 15.1 Å². The Morgan fingerprint density at radius 2 is 1.71 bits per heavy atom. The Balaban J connectivity index is 1.39. The van der Waals surface area contributed by atoms with Gasteiger partial charge in [0.15, 0.2) is 5.76 Å². The predicted molar refractivity (Wildman–Crippen MR) is 133 cm³/mol. The van der Waals surface area contributed by atoms with Crippen LogP contribution in [0.25, 0.3) is 11.3 Å². The molecule has 9 heteroatoms. The van der Waals surface area contributed by atoms with Crippen molar-refractivity contribution in [1.29, 1.82) is 0 Å². The molecule has 3 aromatic rings. The molecule has 0 radical (unpaired) electrons. The van der Waals surface area contributed by atoms with Crippen molar-refractivity contribution in [3.63, 3.8) is 0 Å². The number of nitrogens with zero attached hydrogens (tertiary/aromatic N) is 1. The Hall–Kier alpha value is -3.69.